The molecule has 0 aliphatic heterocycles. The normalized spacial score (nSPS) is 10.2. The highest BCUT2D eigenvalue weighted by atomic mass is 14.9. The number of benzene rings is 2. The van der Waals surface area contributed by atoms with E-state index < -0.39 is 0 Å². The fraction of sp³-hybridized carbons (Fsp3) is 0.200. The van der Waals surface area contributed by atoms with Gasteiger partial charge in [-0.2, -0.15) is 0 Å². The van der Waals surface area contributed by atoms with Crippen LogP contribution in [0.1, 0.15) is 16.7 Å². The second-order valence-electron chi connectivity index (χ2n) is 4.35. The molecule has 0 aliphatic rings. The molecule has 2 aromatic rings. The number of aryl methyl sites for hydroxylation is 2. The second-order valence-corrected chi connectivity index (χ2v) is 4.35. The fourth-order valence-corrected chi connectivity index (χ4v) is 1.79. The third kappa shape index (κ3) is 2.78. The Kier molecular flexibility index (Phi) is 3.33. The van der Waals surface area contributed by atoms with Crippen molar-refractivity contribution in [3.63, 3.8) is 0 Å². The summed E-state index contributed by atoms with van der Waals surface area (Å²) in [4.78, 5) is 0. The van der Waals surface area contributed by atoms with Crippen molar-refractivity contribution in [3.8, 4) is 0 Å². The number of rotatable bonds is 3. The third-order valence-corrected chi connectivity index (χ3v) is 3.01. The van der Waals surface area contributed by atoms with Gasteiger partial charge in [0.1, 0.15) is 0 Å². The monoisotopic (exact) mass is 226 g/mol. The lowest BCUT2D eigenvalue weighted by atomic mass is 10.1. The SMILES string of the molecule is Cc1cc(NCc2ccccc2C)ccc1N. The lowest BCUT2D eigenvalue weighted by molar-refractivity contribution is 1.12. The topological polar surface area (TPSA) is 38.0 Å². The number of nitrogen functional groups attached to an aromatic ring is 1. The van der Waals surface area contributed by atoms with Gasteiger partial charge >= 0.3 is 0 Å². The van der Waals surface area contributed by atoms with E-state index >= 15 is 0 Å². The summed E-state index contributed by atoms with van der Waals surface area (Å²) in [6, 6.07) is 14.4. The van der Waals surface area contributed by atoms with Crippen LogP contribution in [0.3, 0.4) is 0 Å². The number of hydrogen-bond acceptors (Lipinski definition) is 2. The lowest BCUT2D eigenvalue weighted by Crippen LogP contribution is -2.01. The van der Waals surface area contributed by atoms with Gasteiger partial charge in [0.25, 0.3) is 0 Å². The maximum atomic E-state index is 5.79. The van der Waals surface area contributed by atoms with Crippen LogP contribution in [0.2, 0.25) is 0 Å². The Morgan fingerprint density at radius 3 is 2.47 bits per heavy atom. The molecule has 2 aromatic carbocycles. The minimum Gasteiger partial charge on any atom is -0.399 e. The summed E-state index contributed by atoms with van der Waals surface area (Å²) < 4.78 is 0. The van der Waals surface area contributed by atoms with E-state index in [2.05, 4.69) is 42.6 Å². The standard InChI is InChI=1S/C15H18N2/c1-11-5-3-4-6-13(11)10-17-14-7-8-15(16)12(2)9-14/h3-9,17H,10,16H2,1-2H3. The van der Waals surface area contributed by atoms with Crippen LogP contribution in [-0.4, -0.2) is 0 Å². The lowest BCUT2D eigenvalue weighted by Gasteiger charge is -2.10. The smallest absolute Gasteiger partial charge is 0.0403 e. The van der Waals surface area contributed by atoms with Crippen molar-refractivity contribution < 1.29 is 0 Å². The fourth-order valence-electron chi connectivity index (χ4n) is 1.79. The van der Waals surface area contributed by atoms with Crippen LogP contribution in [0.25, 0.3) is 0 Å². The molecule has 0 saturated carbocycles. The highest BCUT2D eigenvalue weighted by molar-refractivity contribution is 5.56. The van der Waals surface area contributed by atoms with E-state index in [1.807, 2.05) is 19.1 Å². The molecule has 0 spiro atoms. The zero-order chi connectivity index (χ0) is 12.3. The maximum Gasteiger partial charge on any atom is 0.0403 e. The zero-order valence-corrected chi connectivity index (χ0v) is 10.3. The molecule has 0 aliphatic carbocycles. The molecule has 3 N–H and O–H groups in total. The number of anilines is 2. The Bertz CT molecular complexity index is 518. The average Bonchev–Trinajstić information content (AvgIpc) is 2.32. The van der Waals surface area contributed by atoms with E-state index in [4.69, 9.17) is 5.73 Å². The van der Waals surface area contributed by atoms with E-state index in [9.17, 15) is 0 Å². The molecule has 0 aromatic heterocycles. The Labute approximate surface area is 102 Å². The van der Waals surface area contributed by atoms with Gasteiger partial charge in [-0.25, -0.2) is 0 Å². The van der Waals surface area contributed by atoms with Gasteiger partial charge in [-0.15, -0.1) is 0 Å². The van der Waals surface area contributed by atoms with E-state index in [0.29, 0.717) is 0 Å². The van der Waals surface area contributed by atoms with Crippen LogP contribution in [-0.2, 0) is 6.54 Å². The first-order valence-electron chi connectivity index (χ1n) is 5.81. The first kappa shape index (κ1) is 11.5. The summed E-state index contributed by atoms with van der Waals surface area (Å²) in [5.41, 5.74) is 11.5. The summed E-state index contributed by atoms with van der Waals surface area (Å²) >= 11 is 0. The highest BCUT2D eigenvalue weighted by Crippen LogP contribution is 2.17. The van der Waals surface area contributed by atoms with Gasteiger partial charge in [-0.05, 0) is 48.7 Å². The van der Waals surface area contributed by atoms with Crippen LogP contribution in [0.5, 0.6) is 0 Å². The first-order chi connectivity index (χ1) is 8.16. The summed E-state index contributed by atoms with van der Waals surface area (Å²) in [5, 5.41) is 3.41. The average molecular weight is 226 g/mol. The van der Waals surface area contributed by atoms with Gasteiger partial charge in [0.05, 0.1) is 0 Å². The maximum absolute atomic E-state index is 5.79. The van der Waals surface area contributed by atoms with Crippen molar-refractivity contribution in [2.45, 2.75) is 20.4 Å². The Morgan fingerprint density at radius 2 is 1.76 bits per heavy atom. The molecule has 0 bridgehead atoms. The van der Waals surface area contributed by atoms with E-state index in [1.165, 1.54) is 11.1 Å². The van der Waals surface area contributed by atoms with Crippen LogP contribution in [0, 0.1) is 13.8 Å². The Morgan fingerprint density at radius 1 is 1.00 bits per heavy atom. The van der Waals surface area contributed by atoms with Crippen molar-refractivity contribution >= 4 is 11.4 Å². The van der Waals surface area contributed by atoms with Gasteiger partial charge < -0.3 is 11.1 Å². The molecular weight excluding hydrogens is 208 g/mol. The molecule has 0 fully saturated rings. The molecule has 2 nitrogen and oxygen atoms in total. The van der Waals surface area contributed by atoms with E-state index in [1.54, 1.807) is 0 Å². The first-order valence-corrected chi connectivity index (χ1v) is 5.81. The van der Waals surface area contributed by atoms with E-state index in [0.717, 1.165) is 23.5 Å². The van der Waals surface area contributed by atoms with Crippen molar-refractivity contribution in [1.82, 2.24) is 0 Å². The molecule has 88 valence electrons. The summed E-state index contributed by atoms with van der Waals surface area (Å²) in [6.07, 6.45) is 0. The van der Waals surface area contributed by atoms with Crippen molar-refractivity contribution in [2.75, 3.05) is 11.1 Å². The van der Waals surface area contributed by atoms with Crippen LogP contribution in [0.4, 0.5) is 11.4 Å². The van der Waals surface area contributed by atoms with Crippen LogP contribution in [0.15, 0.2) is 42.5 Å². The largest absolute Gasteiger partial charge is 0.399 e. The summed E-state index contributed by atoms with van der Waals surface area (Å²) in [6.45, 7) is 5.00. The van der Waals surface area contributed by atoms with Crippen molar-refractivity contribution in [2.24, 2.45) is 0 Å². The quantitative estimate of drug-likeness (QED) is 0.786. The molecule has 0 radical (unpaired) electrons. The predicted molar refractivity (Wildman–Crippen MR) is 74.1 cm³/mol. The number of nitrogens with two attached hydrogens (primary N) is 1. The van der Waals surface area contributed by atoms with Gasteiger partial charge in [0, 0.05) is 17.9 Å². The molecular formula is C15H18N2. The molecule has 0 saturated heterocycles. The van der Waals surface area contributed by atoms with Crippen LogP contribution < -0.4 is 11.1 Å². The van der Waals surface area contributed by atoms with Crippen molar-refractivity contribution in [1.29, 1.82) is 0 Å². The molecule has 0 atom stereocenters. The minimum atomic E-state index is 0.839. The molecule has 2 rings (SSSR count). The molecule has 2 heteroatoms. The molecule has 0 unspecified atom stereocenters. The highest BCUT2D eigenvalue weighted by Gasteiger charge is 1.99. The third-order valence-electron chi connectivity index (χ3n) is 3.01. The van der Waals surface area contributed by atoms with Gasteiger partial charge in [0.2, 0.25) is 0 Å². The van der Waals surface area contributed by atoms with Gasteiger partial charge in [0.15, 0.2) is 0 Å². The Balaban J connectivity index is 2.08. The summed E-state index contributed by atoms with van der Waals surface area (Å²) in [5.74, 6) is 0. The van der Waals surface area contributed by atoms with Gasteiger partial charge in [-0.3, -0.25) is 0 Å². The van der Waals surface area contributed by atoms with Crippen LogP contribution >= 0.6 is 0 Å². The zero-order valence-electron chi connectivity index (χ0n) is 10.3. The molecule has 0 heterocycles. The Hall–Kier alpha value is -1.96. The minimum absolute atomic E-state index is 0.839. The van der Waals surface area contributed by atoms with Crippen molar-refractivity contribution in [3.05, 3.63) is 59.2 Å². The predicted octanol–water partition coefficient (Wildman–Crippen LogP) is 3.50. The van der Waals surface area contributed by atoms with Gasteiger partial charge in [-0.1, -0.05) is 24.3 Å². The number of hydrogen-bond donors (Lipinski definition) is 2. The van der Waals surface area contributed by atoms with E-state index in [-0.39, 0.29) is 0 Å². The molecule has 17 heavy (non-hydrogen) atoms. The number of nitrogens with one attached hydrogen (secondary N) is 1. The molecule has 0 amide bonds. The second kappa shape index (κ2) is 4.91. The summed E-state index contributed by atoms with van der Waals surface area (Å²) in [7, 11) is 0.